The number of aromatic nitrogens is 1. The number of halogens is 2. The first-order valence-electron chi connectivity index (χ1n) is 13.5. The predicted molar refractivity (Wildman–Crippen MR) is 138 cm³/mol. The Morgan fingerprint density at radius 3 is 2.73 bits per heavy atom. The summed E-state index contributed by atoms with van der Waals surface area (Å²) in [6, 6.07) is 5.60. The molecule has 2 amide bonds. The number of hydrogen-bond acceptors (Lipinski definition) is 5. The minimum Gasteiger partial charge on any atom is -0.349 e. The highest BCUT2D eigenvalue weighted by Gasteiger charge is 2.47. The van der Waals surface area contributed by atoms with Gasteiger partial charge < -0.3 is 10.2 Å². The standard InChI is InChI=1S/C28H34F2N4O2S/c1-33-15-22-20(3-2-4-21(22)27(33)36)25(35)31-19-7-5-17(6-8-19)9-11-34-12-10-24-23(16-34)32-26(37-24)18-13-28(29,30)14-18/h2-4,17-19H,5-16H2,1H3,(H,31,35). The SMILES string of the molecule is CN1Cc2c(C(=O)NC3CCC(CCN4CCc5sc(C6CC(F)(F)C6)nc5C4)CC3)cccc2C1=O. The Balaban J connectivity index is 0.956. The van der Waals surface area contributed by atoms with Gasteiger partial charge in [0, 0.05) is 67.5 Å². The topological polar surface area (TPSA) is 65.5 Å². The highest BCUT2D eigenvalue weighted by molar-refractivity contribution is 7.11. The van der Waals surface area contributed by atoms with Crippen molar-refractivity contribution < 1.29 is 18.4 Å². The lowest BCUT2D eigenvalue weighted by Crippen LogP contribution is -2.38. The van der Waals surface area contributed by atoms with Crippen molar-refractivity contribution in [1.29, 1.82) is 0 Å². The summed E-state index contributed by atoms with van der Waals surface area (Å²) in [7, 11) is 1.76. The Hall–Kier alpha value is -2.39. The normalized spacial score (nSPS) is 25.5. The number of rotatable bonds is 6. The maximum absolute atomic E-state index is 13.3. The highest BCUT2D eigenvalue weighted by atomic mass is 32.1. The molecule has 2 saturated carbocycles. The number of carbonyl (C=O) groups excluding carboxylic acids is 2. The molecule has 3 heterocycles. The molecule has 0 saturated heterocycles. The number of carbonyl (C=O) groups is 2. The molecule has 1 aromatic heterocycles. The monoisotopic (exact) mass is 528 g/mol. The quantitative estimate of drug-likeness (QED) is 0.575. The van der Waals surface area contributed by atoms with E-state index in [1.54, 1.807) is 35.4 Å². The van der Waals surface area contributed by atoms with Gasteiger partial charge in [0.2, 0.25) is 5.92 Å². The molecule has 6 nitrogen and oxygen atoms in total. The van der Waals surface area contributed by atoms with Crippen LogP contribution in [-0.2, 0) is 19.5 Å². The van der Waals surface area contributed by atoms with Gasteiger partial charge >= 0.3 is 0 Å². The van der Waals surface area contributed by atoms with E-state index in [-0.39, 0.29) is 36.6 Å². The van der Waals surface area contributed by atoms with Gasteiger partial charge in [-0.05, 0) is 68.7 Å². The van der Waals surface area contributed by atoms with Crippen LogP contribution in [0.1, 0.15) is 92.7 Å². The van der Waals surface area contributed by atoms with Gasteiger partial charge in [0.15, 0.2) is 0 Å². The van der Waals surface area contributed by atoms with Crippen LogP contribution in [0.25, 0.3) is 0 Å². The molecule has 6 rings (SSSR count). The van der Waals surface area contributed by atoms with E-state index in [4.69, 9.17) is 4.98 Å². The first-order valence-corrected chi connectivity index (χ1v) is 14.3. The van der Waals surface area contributed by atoms with Crippen LogP contribution in [0.3, 0.4) is 0 Å². The van der Waals surface area contributed by atoms with Crippen LogP contribution in [0, 0.1) is 5.92 Å². The van der Waals surface area contributed by atoms with Crippen molar-refractivity contribution in [3.05, 3.63) is 50.5 Å². The predicted octanol–water partition coefficient (Wildman–Crippen LogP) is 4.98. The van der Waals surface area contributed by atoms with Crippen LogP contribution >= 0.6 is 11.3 Å². The summed E-state index contributed by atoms with van der Waals surface area (Å²) in [5.74, 6) is -1.98. The molecule has 0 atom stereocenters. The second-order valence-electron chi connectivity index (χ2n) is 11.4. The molecule has 0 bridgehead atoms. The summed E-state index contributed by atoms with van der Waals surface area (Å²) in [5, 5.41) is 4.14. The Labute approximate surface area is 220 Å². The summed E-state index contributed by atoms with van der Waals surface area (Å²) in [6.07, 6.45) is 6.20. The molecule has 198 valence electrons. The Bertz CT molecular complexity index is 1200. The van der Waals surface area contributed by atoms with Crippen molar-refractivity contribution in [2.24, 2.45) is 5.92 Å². The highest BCUT2D eigenvalue weighted by Crippen LogP contribution is 2.49. The smallest absolute Gasteiger partial charge is 0.254 e. The van der Waals surface area contributed by atoms with Crippen molar-refractivity contribution in [1.82, 2.24) is 20.1 Å². The van der Waals surface area contributed by atoms with Gasteiger partial charge in [-0.2, -0.15) is 0 Å². The van der Waals surface area contributed by atoms with Crippen LogP contribution in [0.4, 0.5) is 8.78 Å². The van der Waals surface area contributed by atoms with E-state index in [0.29, 0.717) is 23.6 Å². The molecule has 2 fully saturated rings. The van der Waals surface area contributed by atoms with Crippen molar-refractivity contribution in [3.63, 3.8) is 0 Å². The van der Waals surface area contributed by atoms with Gasteiger partial charge in [0.05, 0.1) is 10.7 Å². The third kappa shape index (κ3) is 5.04. The fraction of sp³-hybridized carbons (Fsp3) is 0.607. The molecule has 2 aromatic rings. The number of nitrogens with one attached hydrogen (secondary N) is 1. The number of alkyl halides is 2. The van der Waals surface area contributed by atoms with E-state index in [9.17, 15) is 18.4 Å². The maximum atomic E-state index is 13.3. The van der Waals surface area contributed by atoms with Crippen molar-refractivity contribution in [2.45, 2.75) is 82.3 Å². The first kappa shape index (κ1) is 24.9. The van der Waals surface area contributed by atoms with E-state index in [1.807, 2.05) is 6.07 Å². The summed E-state index contributed by atoms with van der Waals surface area (Å²) in [6.45, 7) is 3.37. The van der Waals surface area contributed by atoms with E-state index >= 15 is 0 Å². The third-order valence-corrected chi connectivity index (χ3v) is 10.0. The molecule has 37 heavy (non-hydrogen) atoms. The molecule has 9 heteroatoms. The van der Waals surface area contributed by atoms with Crippen molar-refractivity contribution in [3.8, 4) is 0 Å². The molecule has 0 unspecified atom stereocenters. The summed E-state index contributed by atoms with van der Waals surface area (Å²) in [5.41, 5.74) is 3.21. The van der Waals surface area contributed by atoms with Gasteiger partial charge in [-0.3, -0.25) is 14.5 Å². The van der Waals surface area contributed by atoms with Gasteiger partial charge in [-0.25, -0.2) is 13.8 Å². The minimum atomic E-state index is -2.50. The number of hydrogen-bond donors (Lipinski definition) is 1. The van der Waals surface area contributed by atoms with E-state index < -0.39 is 5.92 Å². The number of fused-ring (bicyclic) bond motifs is 2. The Morgan fingerprint density at radius 1 is 1.19 bits per heavy atom. The van der Waals surface area contributed by atoms with Gasteiger partial charge in [-0.1, -0.05) is 6.07 Å². The summed E-state index contributed by atoms with van der Waals surface area (Å²) in [4.78, 5) is 35.4. The van der Waals surface area contributed by atoms with Crippen molar-refractivity contribution >= 4 is 23.2 Å². The van der Waals surface area contributed by atoms with Gasteiger partial charge in [0.25, 0.3) is 11.8 Å². The molecular formula is C28H34F2N4O2S. The molecule has 1 N–H and O–H groups in total. The van der Waals surface area contributed by atoms with Gasteiger partial charge in [-0.15, -0.1) is 11.3 Å². The summed E-state index contributed by atoms with van der Waals surface area (Å²) < 4.78 is 26.5. The largest absolute Gasteiger partial charge is 0.349 e. The molecule has 2 aliphatic heterocycles. The van der Waals surface area contributed by atoms with E-state index in [1.165, 1.54) is 4.88 Å². The second-order valence-corrected chi connectivity index (χ2v) is 12.5. The number of nitrogens with zero attached hydrogens (tertiary/aromatic N) is 3. The fourth-order valence-corrected chi connectivity index (χ4v) is 7.55. The zero-order valence-corrected chi connectivity index (χ0v) is 22.1. The number of benzene rings is 1. The number of amides is 2. The minimum absolute atomic E-state index is 0.0201. The lowest BCUT2D eigenvalue weighted by Gasteiger charge is -2.33. The first-order chi connectivity index (χ1) is 17.8. The number of thiazole rings is 1. The Kier molecular flexibility index (Phi) is 6.55. The van der Waals surface area contributed by atoms with Crippen LogP contribution in [0.2, 0.25) is 0 Å². The van der Waals surface area contributed by atoms with Crippen LogP contribution in [-0.4, -0.2) is 58.7 Å². The lowest BCUT2D eigenvalue weighted by molar-refractivity contribution is -0.0868. The average Bonchev–Trinajstić information content (AvgIpc) is 3.42. The molecule has 4 aliphatic rings. The molecule has 0 spiro atoms. The zero-order chi connectivity index (χ0) is 25.7. The molecule has 0 radical (unpaired) electrons. The van der Waals surface area contributed by atoms with Crippen molar-refractivity contribution in [2.75, 3.05) is 20.1 Å². The van der Waals surface area contributed by atoms with E-state index in [0.717, 1.165) is 74.4 Å². The molecular weight excluding hydrogens is 494 g/mol. The molecule has 1 aromatic carbocycles. The van der Waals surface area contributed by atoms with Crippen LogP contribution in [0.5, 0.6) is 0 Å². The van der Waals surface area contributed by atoms with Gasteiger partial charge in [0.1, 0.15) is 0 Å². The van der Waals surface area contributed by atoms with Crippen LogP contribution in [0.15, 0.2) is 18.2 Å². The lowest BCUT2D eigenvalue weighted by atomic mass is 9.82. The van der Waals surface area contributed by atoms with E-state index in [2.05, 4.69) is 10.2 Å². The van der Waals surface area contributed by atoms with Crippen LogP contribution < -0.4 is 5.32 Å². The maximum Gasteiger partial charge on any atom is 0.254 e. The third-order valence-electron chi connectivity index (χ3n) is 8.69. The average molecular weight is 529 g/mol. The summed E-state index contributed by atoms with van der Waals surface area (Å²) >= 11 is 1.65. The second kappa shape index (κ2) is 9.73. The molecule has 2 aliphatic carbocycles. The Morgan fingerprint density at radius 2 is 1.97 bits per heavy atom. The zero-order valence-electron chi connectivity index (χ0n) is 21.3. The fourth-order valence-electron chi connectivity index (χ4n) is 6.38.